The van der Waals surface area contributed by atoms with Crippen molar-refractivity contribution in [3.8, 4) is 0 Å². The smallest absolute Gasteiger partial charge is 0.224 e. The molecule has 0 bridgehead atoms. The van der Waals surface area contributed by atoms with Gasteiger partial charge in [0.1, 0.15) is 0 Å². The lowest BCUT2D eigenvalue weighted by atomic mass is 9.88. The van der Waals surface area contributed by atoms with Gasteiger partial charge in [-0.15, -0.1) is 0 Å². The van der Waals surface area contributed by atoms with Crippen molar-refractivity contribution in [2.45, 2.75) is 38.2 Å². The van der Waals surface area contributed by atoms with Crippen LogP contribution in [-0.2, 0) is 16.0 Å². The van der Waals surface area contributed by atoms with Crippen LogP contribution in [0.15, 0.2) is 30.3 Å². The molecule has 24 heavy (non-hydrogen) atoms. The Labute approximate surface area is 143 Å². The molecule has 0 unspecified atom stereocenters. The third kappa shape index (κ3) is 4.15. The predicted octanol–water partition coefficient (Wildman–Crippen LogP) is 1.45. The summed E-state index contributed by atoms with van der Waals surface area (Å²) < 4.78 is 0. The minimum atomic E-state index is -0.476. The monoisotopic (exact) mass is 330 g/mol. The summed E-state index contributed by atoms with van der Waals surface area (Å²) in [6, 6.07) is 10.2. The number of benzene rings is 1. The van der Waals surface area contributed by atoms with Crippen LogP contribution >= 0.6 is 0 Å². The van der Waals surface area contributed by atoms with Crippen LogP contribution in [0.3, 0.4) is 0 Å². The predicted molar refractivity (Wildman–Crippen MR) is 91.3 cm³/mol. The molecule has 2 aliphatic rings. The third-order valence-corrected chi connectivity index (χ3v) is 5.18. The first-order valence-corrected chi connectivity index (χ1v) is 8.91. The molecule has 0 radical (unpaired) electrons. The van der Waals surface area contributed by atoms with Crippen LogP contribution < -0.4 is 0 Å². The molecule has 1 aromatic carbocycles. The van der Waals surface area contributed by atoms with Crippen molar-refractivity contribution in [3.63, 3.8) is 0 Å². The number of likely N-dealkylation sites (tertiary alicyclic amines) is 2. The van der Waals surface area contributed by atoms with E-state index in [1.807, 2.05) is 18.2 Å². The van der Waals surface area contributed by atoms with Crippen LogP contribution in [-0.4, -0.2) is 59.0 Å². The molecule has 5 heteroatoms. The number of nitrogens with zero attached hydrogens (tertiary/aromatic N) is 2. The molecule has 0 spiro atoms. The van der Waals surface area contributed by atoms with Gasteiger partial charge in [0.05, 0.1) is 6.10 Å². The highest BCUT2D eigenvalue weighted by molar-refractivity contribution is 5.80. The van der Waals surface area contributed by atoms with Crippen molar-refractivity contribution in [1.29, 1.82) is 0 Å². The van der Waals surface area contributed by atoms with E-state index in [1.54, 1.807) is 9.80 Å². The molecule has 2 atom stereocenters. The molecule has 1 N–H and O–H groups in total. The Hall–Kier alpha value is -1.88. The van der Waals surface area contributed by atoms with Crippen molar-refractivity contribution in [2.24, 2.45) is 5.92 Å². The van der Waals surface area contributed by atoms with Crippen molar-refractivity contribution in [1.82, 2.24) is 9.80 Å². The molecule has 130 valence electrons. The molecule has 0 saturated carbocycles. The topological polar surface area (TPSA) is 60.9 Å². The van der Waals surface area contributed by atoms with E-state index >= 15 is 0 Å². The Balaban J connectivity index is 1.46. The minimum absolute atomic E-state index is 0.0481. The fourth-order valence-corrected chi connectivity index (χ4v) is 3.69. The highest BCUT2D eigenvalue weighted by atomic mass is 16.3. The number of β-amino-alcohol motifs (C(OH)–C–C–N with tert-alkyl or cyclic N) is 1. The molecule has 0 aromatic heterocycles. The van der Waals surface area contributed by atoms with E-state index in [9.17, 15) is 14.7 Å². The second-order valence-corrected chi connectivity index (χ2v) is 6.88. The minimum Gasteiger partial charge on any atom is -0.391 e. The molecule has 5 nitrogen and oxygen atoms in total. The third-order valence-electron chi connectivity index (χ3n) is 5.18. The maximum atomic E-state index is 12.3. The molecular weight excluding hydrogens is 304 g/mol. The number of carbonyl (C=O) groups excluding carboxylic acids is 2. The van der Waals surface area contributed by atoms with E-state index in [-0.39, 0.29) is 17.7 Å². The van der Waals surface area contributed by atoms with Crippen LogP contribution in [0.2, 0.25) is 0 Å². The van der Waals surface area contributed by atoms with Crippen LogP contribution in [0.4, 0.5) is 0 Å². The summed E-state index contributed by atoms with van der Waals surface area (Å²) in [7, 11) is 0. The number of amides is 2. The van der Waals surface area contributed by atoms with Gasteiger partial charge in [-0.25, -0.2) is 0 Å². The normalized spacial score (nSPS) is 24.5. The number of aliphatic hydroxyl groups is 1. The molecule has 1 aromatic rings. The molecule has 2 saturated heterocycles. The summed E-state index contributed by atoms with van der Waals surface area (Å²) in [6.07, 6.45) is 3.07. The summed E-state index contributed by atoms with van der Waals surface area (Å²) in [5, 5.41) is 10.4. The lowest BCUT2D eigenvalue weighted by Crippen LogP contribution is -2.47. The average molecular weight is 330 g/mol. The van der Waals surface area contributed by atoms with Crippen LogP contribution in [0, 0.1) is 5.92 Å². The lowest BCUT2D eigenvalue weighted by Gasteiger charge is -2.36. The summed E-state index contributed by atoms with van der Waals surface area (Å²) in [5.41, 5.74) is 1.23. The van der Waals surface area contributed by atoms with Gasteiger partial charge in [-0.05, 0) is 30.7 Å². The molecule has 0 aliphatic carbocycles. The first-order chi connectivity index (χ1) is 11.6. The lowest BCUT2D eigenvalue weighted by molar-refractivity contribution is -0.136. The largest absolute Gasteiger partial charge is 0.391 e. The zero-order chi connectivity index (χ0) is 16.9. The Morgan fingerprint density at radius 1 is 1.21 bits per heavy atom. The van der Waals surface area contributed by atoms with E-state index in [0.717, 1.165) is 25.8 Å². The van der Waals surface area contributed by atoms with Crippen molar-refractivity contribution in [3.05, 3.63) is 35.9 Å². The SMILES string of the molecule is O=C1CCCN1CCC(=O)N1CC[C@H](Cc2ccccc2)[C@@H](O)C1. The van der Waals surface area contributed by atoms with E-state index in [1.165, 1.54) is 5.56 Å². The number of aliphatic hydroxyl groups excluding tert-OH is 1. The second-order valence-electron chi connectivity index (χ2n) is 6.88. The number of carbonyl (C=O) groups is 2. The van der Waals surface area contributed by atoms with Gasteiger partial charge in [0.2, 0.25) is 11.8 Å². The molecule has 2 aliphatic heterocycles. The summed E-state index contributed by atoms with van der Waals surface area (Å²) in [4.78, 5) is 27.5. The molecule has 3 rings (SSSR count). The van der Waals surface area contributed by atoms with E-state index < -0.39 is 6.10 Å². The molecule has 2 fully saturated rings. The Bertz CT molecular complexity index is 575. The fraction of sp³-hybridized carbons (Fsp3) is 0.579. The van der Waals surface area contributed by atoms with E-state index in [2.05, 4.69) is 12.1 Å². The van der Waals surface area contributed by atoms with Crippen LogP contribution in [0.5, 0.6) is 0 Å². The van der Waals surface area contributed by atoms with Crippen LogP contribution in [0.1, 0.15) is 31.2 Å². The van der Waals surface area contributed by atoms with E-state index in [0.29, 0.717) is 32.5 Å². The maximum Gasteiger partial charge on any atom is 0.224 e. The Morgan fingerprint density at radius 2 is 2.00 bits per heavy atom. The zero-order valence-corrected chi connectivity index (χ0v) is 14.1. The standard InChI is InChI=1S/C19H26N2O3/c22-17-14-21(19(24)9-12-20-10-4-7-18(20)23)11-8-16(17)13-15-5-2-1-3-6-15/h1-3,5-6,16-17,22H,4,7-14H2/t16-,17+/m1/s1. The van der Waals surface area contributed by atoms with Gasteiger partial charge in [0.15, 0.2) is 0 Å². The van der Waals surface area contributed by atoms with Gasteiger partial charge in [-0.2, -0.15) is 0 Å². The van der Waals surface area contributed by atoms with Crippen molar-refractivity contribution in [2.75, 3.05) is 26.2 Å². The highest BCUT2D eigenvalue weighted by Crippen LogP contribution is 2.23. The summed E-state index contributed by atoms with van der Waals surface area (Å²) in [5.74, 6) is 0.410. The summed E-state index contributed by atoms with van der Waals surface area (Å²) >= 11 is 0. The Morgan fingerprint density at radius 3 is 2.67 bits per heavy atom. The maximum absolute atomic E-state index is 12.3. The van der Waals surface area contributed by atoms with Gasteiger partial charge in [-0.1, -0.05) is 30.3 Å². The zero-order valence-electron chi connectivity index (χ0n) is 14.1. The Kier molecular flexibility index (Phi) is 5.51. The quantitative estimate of drug-likeness (QED) is 0.889. The van der Waals surface area contributed by atoms with Gasteiger partial charge in [0.25, 0.3) is 0 Å². The van der Waals surface area contributed by atoms with Crippen molar-refractivity contribution >= 4 is 11.8 Å². The van der Waals surface area contributed by atoms with Crippen LogP contribution in [0.25, 0.3) is 0 Å². The van der Waals surface area contributed by atoms with E-state index in [4.69, 9.17) is 0 Å². The average Bonchev–Trinajstić information content (AvgIpc) is 3.00. The number of hydrogen-bond donors (Lipinski definition) is 1. The van der Waals surface area contributed by atoms with Crippen molar-refractivity contribution < 1.29 is 14.7 Å². The van der Waals surface area contributed by atoms with Gasteiger partial charge >= 0.3 is 0 Å². The first-order valence-electron chi connectivity index (χ1n) is 8.91. The van der Waals surface area contributed by atoms with Gasteiger partial charge in [-0.3, -0.25) is 9.59 Å². The summed E-state index contributed by atoms with van der Waals surface area (Å²) in [6.45, 7) is 2.39. The fourth-order valence-electron chi connectivity index (χ4n) is 3.69. The highest BCUT2D eigenvalue weighted by Gasteiger charge is 2.30. The number of piperidine rings is 1. The molecule has 2 amide bonds. The number of hydrogen-bond acceptors (Lipinski definition) is 3. The first kappa shape index (κ1) is 17.0. The second kappa shape index (κ2) is 7.79. The number of rotatable bonds is 5. The van der Waals surface area contributed by atoms with Gasteiger partial charge in [0, 0.05) is 39.0 Å². The molecule has 2 heterocycles. The van der Waals surface area contributed by atoms with Gasteiger partial charge < -0.3 is 14.9 Å². The molecular formula is C19H26N2O3.